The van der Waals surface area contributed by atoms with Gasteiger partial charge >= 0.3 is 5.97 Å². The van der Waals surface area contributed by atoms with Crippen molar-refractivity contribution < 1.29 is 9.90 Å². The molecule has 0 saturated heterocycles. The number of hydrogen-bond acceptors (Lipinski definition) is 1. The van der Waals surface area contributed by atoms with Crippen molar-refractivity contribution >= 4 is 28.6 Å². The van der Waals surface area contributed by atoms with Crippen molar-refractivity contribution in [2.75, 3.05) is 4.43 Å². The summed E-state index contributed by atoms with van der Waals surface area (Å²) < 4.78 is 1.30. The van der Waals surface area contributed by atoms with Crippen LogP contribution in [0.4, 0.5) is 0 Å². The summed E-state index contributed by atoms with van der Waals surface area (Å²) in [5, 5.41) is 8.49. The third-order valence-electron chi connectivity index (χ3n) is 3.18. The van der Waals surface area contributed by atoms with Crippen LogP contribution >= 0.6 is 22.6 Å². The molecular weight excluding hydrogens is 351 g/mol. The molecule has 112 valence electrons. The molecule has 0 atom stereocenters. The quantitative estimate of drug-likeness (QED) is 0.180. The van der Waals surface area contributed by atoms with Gasteiger partial charge in [0.15, 0.2) is 0 Å². The third kappa shape index (κ3) is 17.9. The molecular formula is C16H29IO2. The third-order valence-corrected chi connectivity index (χ3v) is 3.95. The van der Waals surface area contributed by atoms with Crippen LogP contribution in [0.3, 0.4) is 0 Å². The summed E-state index contributed by atoms with van der Waals surface area (Å²) in [6, 6.07) is 0. The maximum atomic E-state index is 10.3. The van der Waals surface area contributed by atoms with E-state index in [0.29, 0.717) is 6.42 Å². The van der Waals surface area contributed by atoms with Crippen LogP contribution < -0.4 is 0 Å². The number of rotatable bonds is 14. The van der Waals surface area contributed by atoms with E-state index in [9.17, 15) is 4.79 Å². The molecule has 0 rings (SSSR count). The Morgan fingerprint density at radius 2 is 1.26 bits per heavy atom. The molecule has 0 unspecified atom stereocenters. The fourth-order valence-corrected chi connectivity index (χ4v) is 2.55. The van der Waals surface area contributed by atoms with Crippen molar-refractivity contribution in [1.82, 2.24) is 0 Å². The van der Waals surface area contributed by atoms with Crippen molar-refractivity contribution in [2.45, 2.75) is 77.0 Å². The number of halogens is 1. The highest BCUT2D eigenvalue weighted by Crippen LogP contribution is 2.09. The highest BCUT2D eigenvalue weighted by Gasteiger charge is 1.95. The van der Waals surface area contributed by atoms with Crippen molar-refractivity contribution in [3.05, 3.63) is 12.2 Å². The molecule has 0 saturated carbocycles. The molecule has 0 aromatic carbocycles. The van der Waals surface area contributed by atoms with Gasteiger partial charge in [0.25, 0.3) is 0 Å². The lowest BCUT2D eigenvalue weighted by atomic mass is 10.1. The number of alkyl halides is 1. The lowest BCUT2D eigenvalue weighted by molar-refractivity contribution is -0.137. The molecule has 2 nitrogen and oxygen atoms in total. The number of unbranched alkanes of at least 4 members (excludes halogenated alkanes) is 9. The summed E-state index contributed by atoms with van der Waals surface area (Å²) in [5.41, 5.74) is 0. The minimum Gasteiger partial charge on any atom is -0.481 e. The molecule has 0 amide bonds. The molecule has 0 heterocycles. The molecule has 0 aliphatic heterocycles. The topological polar surface area (TPSA) is 37.3 Å². The van der Waals surface area contributed by atoms with E-state index in [1.54, 1.807) is 0 Å². The van der Waals surface area contributed by atoms with Gasteiger partial charge in [-0.05, 0) is 43.0 Å². The molecule has 0 spiro atoms. The molecule has 0 bridgehead atoms. The van der Waals surface area contributed by atoms with Gasteiger partial charge in [0.05, 0.1) is 0 Å². The Bertz CT molecular complexity index is 227. The molecule has 0 aromatic rings. The van der Waals surface area contributed by atoms with Crippen LogP contribution in [-0.4, -0.2) is 15.5 Å². The lowest BCUT2D eigenvalue weighted by Crippen LogP contribution is -1.93. The van der Waals surface area contributed by atoms with Gasteiger partial charge in [-0.15, -0.1) is 0 Å². The predicted molar refractivity (Wildman–Crippen MR) is 91.1 cm³/mol. The second-order valence-corrected chi connectivity index (χ2v) is 6.14. The molecule has 1 N–H and O–H groups in total. The van der Waals surface area contributed by atoms with E-state index in [2.05, 4.69) is 34.7 Å². The first-order chi connectivity index (χ1) is 9.27. The first kappa shape index (κ1) is 18.9. The first-order valence-electron chi connectivity index (χ1n) is 7.70. The SMILES string of the molecule is O=C(O)CCCCCC=CCCCCCCCCI. The molecule has 0 aromatic heterocycles. The van der Waals surface area contributed by atoms with E-state index >= 15 is 0 Å². The smallest absolute Gasteiger partial charge is 0.303 e. The normalized spacial score (nSPS) is 11.2. The standard InChI is InChI=1S/C16H29IO2/c17-15-13-11-9-7-5-3-1-2-4-6-8-10-12-14-16(18)19/h2,4H,1,3,5-15H2,(H,18,19). The minimum atomic E-state index is -0.672. The zero-order valence-corrected chi connectivity index (χ0v) is 14.2. The van der Waals surface area contributed by atoms with E-state index in [1.165, 1.54) is 49.4 Å². The Morgan fingerprint density at radius 1 is 0.789 bits per heavy atom. The molecule has 19 heavy (non-hydrogen) atoms. The van der Waals surface area contributed by atoms with E-state index in [0.717, 1.165) is 25.7 Å². The maximum absolute atomic E-state index is 10.3. The van der Waals surface area contributed by atoms with E-state index < -0.39 is 5.97 Å². The van der Waals surface area contributed by atoms with E-state index in [1.807, 2.05) is 0 Å². The van der Waals surface area contributed by atoms with Gasteiger partial charge in [0.2, 0.25) is 0 Å². The van der Waals surface area contributed by atoms with Crippen LogP contribution in [0, 0.1) is 0 Å². The van der Waals surface area contributed by atoms with Crippen LogP contribution in [0.15, 0.2) is 12.2 Å². The Morgan fingerprint density at radius 3 is 1.79 bits per heavy atom. The molecule has 0 aliphatic carbocycles. The highest BCUT2D eigenvalue weighted by atomic mass is 127. The molecule has 0 aliphatic rings. The summed E-state index contributed by atoms with van der Waals surface area (Å²) >= 11 is 2.45. The number of carboxylic acid groups (broad SMARTS) is 1. The zero-order chi connectivity index (χ0) is 14.2. The van der Waals surface area contributed by atoms with Crippen molar-refractivity contribution in [1.29, 1.82) is 0 Å². The summed E-state index contributed by atoms with van der Waals surface area (Å²) in [7, 11) is 0. The van der Waals surface area contributed by atoms with Gasteiger partial charge in [-0.3, -0.25) is 4.79 Å². The maximum Gasteiger partial charge on any atom is 0.303 e. The van der Waals surface area contributed by atoms with Gasteiger partial charge in [-0.2, -0.15) is 0 Å². The Kier molecular flexibility index (Phi) is 15.9. The second kappa shape index (κ2) is 16.0. The fourth-order valence-electron chi connectivity index (χ4n) is 2.01. The van der Waals surface area contributed by atoms with Gasteiger partial charge in [0.1, 0.15) is 0 Å². The van der Waals surface area contributed by atoms with Crippen molar-refractivity contribution in [3.63, 3.8) is 0 Å². The van der Waals surface area contributed by atoms with Crippen molar-refractivity contribution in [3.8, 4) is 0 Å². The first-order valence-corrected chi connectivity index (χ1v) is 9.22. The number of aliphatic carboxylic acids is 1. The average Bonchev–Trinajstić information content (AvgIpc) is 2.39. The minimum absolute atomic E-state index is 0.321. The van der Waals surface area contributed by atoms with Crippen molar-refractivity contribution in [2.24, 2.45) is 0 Å². The summed E-state index contributed by atoms with van der Waals surface area (Å²) in [6.45, 7) is 0. The van der Waals surface area contributed by atoms with E-state index in [4.69, 9.17) is 5.11 Å². The number of carbonyl (C=O) groups is 1. The van der Waals surface area contributed by atoms with Crippen LogP contribution in [0.1, 0.15) is 77.0 Å². The van der Waals surface area contributed by atoms with Crippen LogP contribution in [0.25, 0.3) is 0 Å². The lowest BCUT2D eigenvalue weighted by Gasteiger charge is -1.98. The Hall–Kier alpha value is -0.0600. The van der Waals surface area contributed by atoms with Gasteiger partial charge in [0, 0.05) is 6.42 Å². The Labute approximate surface area is 132 Å². The molecule has 3 heteroatoms. The number of allylic oxidation sites excluding steroid dienone is 2. The van der Waals surface area contributed by atoms with Crippen LogP contribution in [0.2, 0.25) is 0 Å². The second-order valence-electron chi connectivity index (χ2n) is 5.06. The molecule has 0 radical (unpaired) electrons. The Balaban J connectivity index is 3.07. The highest BCUT2D eigenvalue weighted by molar-refractivity contribution is 14.1. The fraction of sp³-hybridized carbons (Fsp3) is 0.812. The van der Waals surface area contributed by atoms with Gasteiger partial charge in [-0.1, -0.05) is 66.8 Å². The average molecular weight is 380 g/mol. The van der Waals surface area contributed by atoms with Gasteiger partial charge in [-0.25, -0.2) is 0 Å². The number of carboxylic acids is 1. The monoisotopic (exact) mass is 380 g/mol. The zero-order valence-electron chi connectivity index (χ0n) is 12.1. The van der Waals surface area contributed by atoms with Crippen LogP contribution in [-0.2, 0) is 4.79 Å². The number of hydrogen-bond donors (Lipinski definition) is 1. The van der Waals surface area contributed by atoms with Gasteiger partial charge < -0.3 is 5.11 Å². The largest absolute Gasteiger partial charge is 0.481 e. The summed E-state index contributed by atoms with van der Waals surface area (Å²) in [6.07, 6.45) is 18.4. The summed E-state index contributed by atoms with van der Waals surface area (Å²) in [5.74, 6) is -0.672. The molecule has 0 fully saturated rings. The van der Waals surface area contributed by atoms with E-state index in [-0.39, 0.29) is 0 Å². The van der Waals surface area contributed by atoms with Crippen LogP contribution in [0.5, 0.6) is 0 Å². The summed E-state index contributed by atoms with van der Waals surface area (Å²) in [4.78, 5) is 10.3. The predicted octanol–water partition coefficient (Wildman–Crippen LogP) is 5.74.